The Morgan fingerprint density at radius 3 is 2.76 bits per heavy atom. The minimum Gasteiger partial charge on any atom is -0.457 e. The van der Waals surface area contributed by atoms with Gasteiger partial charge in [0.1, 0.15) is 17.9 Å². The monoisotopic (exact) mass is 352 g/mol. The molecule has 8 heteroatoms. The number of thioether (sulfide) groups is 1. The molecule has 0 saturated carbocycles. The zero-order valence-electron chi connectivity index (χ0n) is 13.3. The number of rotatable bonds is 7. The number of nitrogens with one attached hydrogen (secondary N) is 2. The summed E-state index contributed by atoms with van der Waals surface area (Å²) in [5.41, 5.74) is 1.28. The third-order valence-electron chi connectivity index (χ3n) is 3.65. The quantitative estimate of drug-likeness (QED) is 0.496. The molecule has 2 N–H and O–H groups in total. The van der Waals surface area contributed by atoms with Crippen molar-refractivity contribution in [3.8, 4) is 11.6 Å². The molecular weight excluding hydrogens is 336 g/mol. The van der Waals surface area contributed by atoms with E-state index in [1.54, 1.807) is 0 Å². The molecule has 0 radical (unpaired) electrons. The third-order valence-corrected chi connectivity index (χ3v) is 4.55. The SMILES string of the molecule is c1ccc(CCc2nc(-c3ccc(CSc4ncn[nH]4)o3)n[nH]2)cc1. The number of nitrogens with zero attached hydrogens (tertiary/aromatic N) is 4. The van der Waals surface area contributed by atoms with Crippen molar-refractivity contribution in [3.05, 3.63) is 65.9 Å². The summed E-state index contributed by atoms with van der Waals surface area (Å²) < 4.78 is 5.82. The normalized spacial score (nSPS) is 11.0. The van der Waals surface area contributed by atoms with Crippen LogP contribution >= 0.6 is 11.8 Å². The lowest BCUT2D eigenvalue weighted by atomic mass is 10.1. The van der Waals surface area contributed by atoms with Gasteiger partial charge in [-0.05, 0) is 24.1 Å². The van der Waals surface area contributed by atoms with Gasteiger partial charge in [-0.3, -0.25) is 10.2 Å². The lowest BCUT2D eigenvalue weighted by Gasteiger charge is -1.97. The number of furan rings is 1. The van der Waals surface area contributed by atoms with E-state index in [-0.39, 0.29) is 0 Å². The molecule has 3 aromatic heterocycles. The Balaban J connectivity index is 1.37. The second-order valence-electron chi connectivity index (χ2n) is 5.44. The van der Waals surface area contributed by atoms with E-state index in [1.807, 2.05) is 30.3 Å². The first-order valence-electron chi connectivity index (χ1n) is 7.89. The molecule has 0 unspecified atom stereocenters. The molecule has 0 fully saturated rings. The van der Waals surface area contributed by atoms with E-state index < -0.39 is 0 Å². The van der Waals surface area contributed by atoms with Gasteiger partial charge in [-0.25, -0.2) is 9.97 Å². The number of H-pyrrole nitrogens is 2. The molecule has 0 aliphatic heterocycles. The minimum absolute atomic E-state index is 0.582. The van der Waals surface area contributed by atoms with Crippen molar-refractivity contribution in [3.63, 3.8) is 0 Å². The number of benzene rings is 1. The molecule has 3 heterocycles. The average Bonchev–Trinajstić information content (AvgIpc) is 3.40. The third kappa shape index (κ3) is 3.97. The van der Waals surface area contributed by atoms with E-state index in [4.69, 9.17) is 4.42 Å². The van der Waals surface area contributed by atoms with E-state index in [1.165, 1.54) is 23.7 Å². The number of hydrogen-bond acceptors (Lipinski definition) is 6. The molecule has 126 valence electrons. The van der Waals surface area contributed by atoms with Gasteiger partial charge in [0.05, 0.1) is 5.75 Å². The van der Waals surface area contributed by atoms with Gasteiger partial charge in [-0.15, -0.1) is 0 Å². The van der Waals surface area contributed by atoms with Gasteiger partial charge in [-0.1, -0.05) is 42.1 Å². The second kappa shape index (κ2) is 7.35. The summed E-state index contributed by atoms with van der Waals surface area (Å²) in [5.74, 6) is 3.61. The van der Waals surface area contributed by atoms with Crippen molar-refractivity contribution in [1.82, 2.24) is 30.4 Å². The van der Waals surface area contributed by atoms with Gasteiger partial charge < -0.3 is 4.42 Å². The van der Waals surface area contributed by atoms with Crippen LogP contribution in [0.1, 0.15) is 17.1 Å². The van der Waals surface area contributed by atoms with E-state index in [0.717, 1.165) is 29.6 Å². The fourth-order valence-electron chi connectivity index (χ4n) is 2.40. The van der Waals surface area contributed by atoms with Crippen molar-refractivity contribution in [2.45, 2.75) is 23.8 Å². The molecule has 25 heavy (non-hydrogen) atoms. The summed E-state index contributed by atoms with van der Waals surface area (Å²) in [6, 6.07) is 14.2. The maximum absolute atomic E-state index is 5.82. The molecule has 0 atom stereocenters. The van der Waals surface area contributed by atoms with Gasteiger partial charge in [0.15, 0.2) is 10.9 Å². The van der Waals surface area contributed by atoms with Crippen LogP contribution in [0, 0.1) is 0 Å². The van der Waals surface area contributed by atoms with Gasteiger partial charge in [0, 0.05) is 6.42 Å². The van der Waals surface area contributed by atoms with E-state index in [9.17, 15) is 0 Å². The van der Waals surface area contributed by atoms with Crippen LogP contribution in [0.3, 0.4) is 0 Å². The smallest absolute Gasteiger partial charge is 0.216 e. The number of aryl methyl sites for hydroxylation is 2. The van der Waals surface area contributed by atoms with Crippen molar-refractivity contribution in [2.24, 2.45) is 0 Å². The van der Waals surface area contributed by atoms with Crippen LogP contribution in [0.25, 0.3) is 11.6 Å². The summed E-state index contributed by atoms with van der Waals surface area (Å²) in [6.07, 6.45) is 3.22. The van der Waals surface area contributed by atoms with Crippen molar-refractivity contribution < 1.29 is 4.42 Å². The van der Waals surface area contributed by atoms with Crippen LogP contribution in [-0.4, -0.2) is 30.4 Å². The molecule has 1 aromatic carbocycles. The molecule has 0 saturated heterocycles. The standard InChI is InChI=1S/C17H16N6OS/c1-2-4-12(5-3-1)6-9-15-20-16(22-21-15)14-8-7-13(24-14)10-25-17-18-11-19-23-17/h1-5,7-8,11H,6,9-10H2,(H,18,19,23)(H,20,21,22). The molecule has 0 bridgehead atoms. The van der Waals surface area contributed by atoms with Crippen molar-refractivity contribution in [1.29, 1.82) is 0 Å². The second-order valence-corrected chi connectivity index (χ2v) is 6.40. The van der Waals surface area contributed by atoms with Crippen LogP contribution in [0.15, 0.2) is 58.4 Å². The van der Waals surface area contributed by atoms with Crippen LogP contribution in [0.2, 0.25) is 0 Å². The van der Waals surface area contributed by atoms with Gasteiger partial charge in [-0.2, -0.15) is 10.2 Å². The average molecular weight is 352 g/mol. The number of aromatic nitrogens is 6. The van der Waals surface area contributed by atoms with Crippen molar-refractivity contribution >= 4 is 11.8 Å². The lowest BCUT2D eigenvalue weighted by Crippen LogP contribution is -1.93. The minimum atomic E-state index is 0.582. The van der Waals surface area contributed by atoms with Gasteiger partial charge in [0.25, 0.3) is 0 Å². The summed E-state index contributed by atoms with van der Waals surface area (Å²) in [7, 11) is 0. The highest BCUT2D eigenvalue weighted by atomic mass is 32.2. The van der Waals surface area contributed by atoms with Crippen LogP contribution in [0.4, 0.5) is 0 Å². The molecule has 7 nitrogen and oxygen atoms in total. The molecule has 4 aromatic rings. The lowest BCUT2D eigenvalue weighted by molar-refractivity contribution is 0.540. The predicted molar refractivity (Wildman–Crippen MR) is 93.9 cm³/mol. The predicted octanol–water partition coefficient (Wildman–Crippen LogP) is 3.26. The maximum Gasteiger partial charge on any atom is 0.216 e. The Hall–Kier alpha value is -2.87. The fourth-order valence-corrected chi connectivity index (χ4v) is 3.08. The maximum atomic E-state index is 5.82. The summed E-state index contributed by atoms with van der Waals surface area (Å²) in [4.78, 5) is 8.59. The summed E-state index contributed by atoms with van der Waals surface area (Å²) in [5, 5.41) is 14.6. The highest BCUT2D eigenvalue weighted by Crippen LogP contribution is 2.24. The van der Waals surface area contributed by atoms with E-state index in [2.05, 4.69) is 42.5 Å². The summed E-state index contributed by atoms with van der Waals surface area (Å²) in [6.45, 7) is 0. The topological polar surface area (TPSA) is 96.3 Å². The largest absolute Gasteiger partial charge is 0.457 e. The first-order chi connectivity index (χ1) is 12.4. The Kier molecular flexibility index (Phi) is 4.60. The highest BCUT2D eigenvalue weighted by Gasteiger charge is 2.11. The number of aromatic amines is 2. The zero-order chi connectivity index (χ0) is 16.9. The molecule has 4 rings (SSSR count). The van der Waals surface area contributed by atoms with Crippen LogP contribution < -0.4 is 0 Å². The first kappa shape index (κ1) is 15.6. The van der Waals surface area contributed by atoms with Crippen molar-refractivity contribution in [2.75, 3.05) is 0 Å². The molecule has 0 aliphatic carbocycles. The first-order valence-corrected chi connectivity index (χ1v) is 8.88. The van der Waals surface area contributed by atoms with E-state index >= 15 is 0 Å². The Morgan fingerprint density at radius 2 is 1.92 bits per heavy atom. The van der Waals surface area contributed by atoms with Gasteiger partial charge in [0.2, 0.25) is 5.82 Å². The molecule has 0 amide bonds. The Labute approximate surface area is 148 Å². The summed E-state index contributed by atoms with van der Waals surface area (Å²) >= 11 is 1.53. The van der Waals surface area contributed by atoms with Crippen LogP contribution in [-0.2, 0) is 18.6 Å². The Bertz CT molecular complexity index is 916. The highest BCUT2D eigenvalue weighted by molar-refractivity contribution is 7.98. The molecule has 0 spiro atoms. The van der Waals surface area contributed by atoms with E-state index in [0.29, 0.717) is 17.3 Å². The Morgan fingerprint density at radius 1 is 1.00 bits per heavy atom. The van der Waals surface area contributed by atoms with Gasteiger partial charge >= 0.3 is 0 Å². The number of hydrogen-bond donors (Lipinski definition) is 2. The van der Waals surface area contributed by atoms with Crippen LogP contribution in [0.5, 0.6) is 0 Å². The zero-order valence-corrected chi connectivity index (χ0v) is 14.2. The molecular formula is C17H16N6OS. The molecule has 0 aliphatic rings. The fraction of sp³-hybridized carbons (Fsp3) is 0.176.